The molecule has 5 nitrogen and oxygen atoms in total. The Morgan fingerprint density at radius 3 is 2.60 bits per heavy atom. The van der Waals surface area contributed by atoms with Crippen molar-refractivity contribution < 1.29 is 19.1 Å². The van der Waals surface area contributed by atoms with Crippen molar-refractivity contribution in [1.29, 1.82) is 0 Å². The van der Waals surface area contributed by atoms with Gasteiger partial charge in [-0.05, 0) is 36.3 Å². The summed E-state index contributed by atoms with van der Waals surface area (Å²) in [7, 11) is 0. The van der Waals surface area contributed by atoms with Crippen molar-refractivity contribution in [1.82, 2.24) is 5.32 Å². The zero-order valence-electron chi connectivity index (χ0n) is 15.4. The van der Waals surface area contributed by atoms with Crippen molar-refractivity contribution in [3.05, 3.63) is 29.8 Å². The second-order valence-electron chi connectivity index (χ2n) is 7.08. The van der Waals surface area contributed by atoms with Crippen molar-refractivity contribution in [2.75, 3.05) is 13.2 Å². The molecule has 2 atom stereocenters. The molecule has 0 unspecified atom stereocenters. The van der Waals surface area contributed by atoms with E-state index in [9.17, 15) is 9.59 Å². The van der Waals surface area contributed by atoms with Gasteiger partial charge in [0.15, 0.2) is 13.2 Å². The Bertz CT molecular complexity index is 585. The Labute approximate surface area is 150 Å². The summed E-state index contributed by atoms with van der Waals surface area (Å²) in [4.78, 5) is 23.8. The number of esters is 1. The van der Waals surface area contributed by atoms with E-state index in [-0.39, 0.29) is 25.2 Å². The number of nitrogens with one attached hydrogen (secondary N) is 1. The Morgan fingerprint density at radius 2 is 1.88 bits per heavy atom. The SMILES string of the molecule is CC(C)c1ccccc1OCC(=O)OCC(=O)N[C@H]1CCCC[C@@H]1C. The smallest absolute Gasteiger partial charge is 0.344 e. The number of amides is 1. The summed E-state index contributed by atoms with van der Waals surface area (Å²) in [6.45, 7) is 5.83. The predicted octanol–water partition coefficient (Wildman–Crippen LogP) is 3.43. The van der Waals surface area contributed by atoms with Gasteiger partial charge in [0, 0.05) is 6.04 Å². The highest BCUT2D eigenvalue weighted by atomic mass is 16.6. The molecule has 1 aliphatic rings. The first-order chi connectivity index (χ1) is 12.0. The topological polar surface area (TPSA) is 64.6 Å². The number of hydrogen-bond acceptors (Lipinski definition) is 4. The van der Waals surface area contributed by atoms with Crippen molar-refractivity contribution in [3.8, 4) is 5.75 Å². The Hall–Kier alpha value is -2.04. The first kappa shape index (κ1) is 19.3. The molecular formula is C20H29NO4. The second kappa shape index (κ2) is 9.44. The molecule has 1 aromatic rings. The van der Waals surface area contributed by atoms with Crippen LogP contribution < -0.4 is 10.1 Å². The van der Waals surface area contributed by atoms with Crippen LogP contribution in [0.25, 0.3) is 0 Å². The van der Waals surface area contributed by atoms with Crippen LogP contribution in [0.1, 0.15) is 57.9 Å². The molecule has 1 aromatic carbocycles. The van der Waals surface area contributed by atoms with E-state index in [1.54, 1.807) is 0 Å². The van der Waals surface area contributed by atoms with E-state index in [0.29, 0.717) is 17.6 Å². The van der Waals surface area contributed by atoms with E-state index >= 15 is 0 Å². The van der Waals surface area contributed by atoms with E-state index in [0.717, 1.165) is 24.8 Å². The lowest BCUT2D eigenvalue weighted by atomic mass is 9.86. The molecular weight excluding hydrogens is 318 g/mol. The zero-order chi connectivity index (χ0) is 18.2. The van der Waals surface area contributed by atoms with E-state index < -0.39 is 5.97 Å². The van der Waals surface area contributed by atoms with E-state index in [2.05, 4.69) is 26.1 Å². The predicted molar refractivity (Wildman–Crippen MR) is 96.5 cm³/mol. The van der Waals surface area contributed by atoms with Crippen LogP contribution in [-0.4, -0.2) is 31.1 Å². The zero-order valence-corrected chi connectivity index (χ0v) is 15.4. The van der Waals surface area contributed by atoms with Gasteiger partial charge in [-0.3, -0.25) is 4.79 Å². The summed E-state index contributed by atoms with van der Waals surface area (Å²) in [5.41, 5.74) is 1.04. The minimum atomic E-state index is -0.537. The van der Waals surface area contributed by atoms with Gasteiger partial charge >= 0.3 is 5.97 Å². The first-order valence-electron chi connectivity index (χ1n) is 9.14. The van der Waals surface area contributed by atoms with Gasteiger partial charge in [0.25, 0.3) is 5.91 Å². The summed E-state index contributed by atoms with van der Waals surface area (Å²) >= 11 is 0. The van der Waals surface area contributed by atoms with Crippen LogP contribution in [0.3, 0.4) is 0 Å². The number of para-hydroxylation sites is 1. The van der Waals surface area contributed by atoms with Crippen molar-refractivity contribution in [2.45, 2.75) is 58.4 Å². The number of ether oxygens (including phenoxy) is 2. The maximum absolute atomic E-state index is 11.9. The van der Waals surface area contributed by atoms with Gasteiger partial charge in [0.1, 0.15) is 5.75 Å². The Morgan fingerprint density at radius 1 is 1.16 bits per heavy atom. The monoisotopic (exact) mass is 347 g/mol. The van der Waals surface area contributed by atoms with Crippen LogP contribution in [0.15, 0.2) is 24.3 Å². The third kappa shape index (κ3) is 6.07. The maximum atomic E-state index is 11.9. The standard InChI is InChI=1S/C20H29NO4/c1-14(2)16-9-5-7-11-18(16)24-13-20(23)25-12-19(22)21-17-10-6-4-8-15(17)3/h5,7,9,11,14-15,17H,4,6,8,10,12-13H2,1-3H3,(H,21,22)/t15-,17-/m0/s1. The van der Waals surface area contributed by atoms with E-state index in [1.807, 2.05) is 24.3 Å². The van der Waals surface area contributed by atoms with Crippen LogP contribution in [0, 0.1) is 5.92 Å². The van der Waals surface area contributed by atoms with Gasteiger partial charge in [-0.15, -0.1) is 0 Å². The summed E-state index contributed by atoms with van der Waals surface area (Å²) < 4.78 is 10.6. The number of benzene rings is 1. The largest absolute Gasteiger partial charge is 0.482 e. The molecule has 0 saturated heterocycles. The summed E-state index contributed by atoms with van der Waals surface area (Å²) in [5.74, 6) is 0.676. The second-order valence-corrected chi connectivity index (χ2v) is 7.08. The normalized spacial score (nSPS) is 20.2. The molecule has 1 fully saturated rings. The molecule has 0 bridgehead atoms. The van der Waals surface area contributed by atoms with Crippen LogP contribution in [0.2, 0.25) is 0 Å². The summed E-state index contributed by atoms with van der Waals surface area (Å²) in [6, 6.07) is 7.81. The molecule has 1 N–H and O–H groups in total. The molecule has 5 heteroatoms. The molecule has 138 valence electrons. The van der Waals surface area contributed by atoms with Crippen LogP contribution in [-0.2, 0) is 14.3 Å². The summed E-state index contributed by atoms with van der Waals surface area (Å²) in [6.07, 6.45) is 4.49. The first-order valence-corrected chi connectivity index (χ1v) is 9.14. The molecule has 1 aliphatic carbocycles. The third-order valence-electron chi connectivity index (χ3n) is 4.71. The fourth-order valence-corrected chi connectivity index (χ4v) is 3.19. The van der Waals surface area contributed by atoms with Gasteiger partial charge in [-0.1, -0.05) is 51.8 Å². The highest BCUT2D eigenvalue weighted by molar-refractivity contribution is 5.81. The fraction of sp³-hybridized carbons (Fsp3) is 0.600. The number of carbonyl (C=O) groups is 2. The highest BCUT2D eigenvalue weighted by Crippen LogP contribution is 2.26. The third-order valence-corrected chi connectivity index (χ3v) is 4.71. The molecule has 1 amide bonds. The lowest BCUT2D eigenvalue weighted by Crippen LogP contribution is -2.43. The molecule has 0 radical (unpaired) electrons. The average Bonchev–Trinajstić information content (AvgIpc) is 2.60. The van der Waals surface area contributed by atoms with Gasteiger partial charge in [0.2, 0.25) is 0 Å². The molecule has 2 rings (SSSR count). The minimum absolute atomic E-state index is 0.189. The van der Waals surface area contributed by atoms with Crippen molar-refractivity contribution in [3.63, 3.8) is 0 Å². The van der Waals surface area contributed by atoms with Gasteiger partial charge in [-0.2, -0.15) is 0 Å². The molecule has 0 spiro atoms. The Balaban J connectivity index is 1.73. The van der Waals surface area contributed by atoms with Crippen LogP contribution in [0.4, 0.5) is 0 Å². The molecule has 0 aliphatic heterocycles. The fourth-order valence-electron chi connectivity index (χ4n) is 3.19. The van der Waals surface area contributed by atoms with Gasteiger partial charge < -0.3 is 14.8 Å². The molecule has 25 heavy (non-hydrogen) atoms. The van der Waals surface area contributed by atoms with E-state index in [4.69, 9.17) is 9.47 Å². The molecule has 1 saturated carbocycles. The molecule has 0 aromatic heterocycles. The lowest BCUT2D eigenvalue weighted by molar-refractivity contribution is -0.150. The Kier molecular flexibility index (Phi) is 7.29. The number of carbonyl (C=O) groups excluding carboxylic acids is 2. The van der Waals surface area contributed by atoms with Crippen LogP contribution >= 0.6 is 0 Å². The van der Waals surface area contributed by atoms with Gasteiger partial charge in [0.05, 0.1) is 0 Å². The van der Waals surface area contributed by atoms with Gasteiger partial charge in [-0.25, -0.2) is 4.79 Å². The minimum Gasteiger partial charge on any atom is -0.482 e. The van der Waals surface area contributed by atoms with Crippen LogP contribution in [0.5, 0.6) is 5.75 Å². The van der Waals surface area contributed by atoms with E-state index in [1.165, 1.54) is 6.42 Å². The summed E-state index contributed by atoms with van der Waals surface area (Å²) in [5, 5.41) is 2.96. The molecule has 0 heterocycles. The maximum Gasteiger partial charge on any atom is 0.344 e. The number of rotatable bonds is 7. The number of hydrogen-bond donors (Lipinski definition) is 1. The lowest BCUT2D eigenvalue weighted by Gasteiger charge is -2.29. The average molecular weight is 347 g/mol. The highest BCUT2D eigenvalue weighted by Gasteiger charge is 2.23. The quantitative estimate of drug-likeness (QED) is 0.768. The van der Waals surface area contributed by atoms with Crippen molar-refractivity contribution in [2.24, 2.45) is 5.92 Å². The van der Waals surface area contributed by atoms with Crippen molar-refractivity contribution >= 4 is 11.9 Å².